The second-order valence-corrected chi connectivity index (χ2v) is 6.09. The summed E-state index contributed by atoms with van der Waals surface area (Å²) in [5.41, 5.74) is 2.59. The summed E-state index contributed by atoms with van der Waals surface area (Å²) >= 11 is 0. The molecule has 1 aliphatic heterocycles. The second kappa shape index (κ2) is 7.03. The van der Waals surface area contributed by atoms with Crippen LogP contribution >= 0.6 is 0 Å². The number of methoxy groups -OCH3 is 1. The predicted octanol–water partition coefficient (Wildman–Crippen LogP) is 1.85. The molecule has 25 heavy (non-hydrogen) atoms. The lowest BCUT2D eigenvalue weighted by molar-refractivity contribution is -0.142. The van der Waals surface area contributed by atoms with Crippen LogP contribution in [0.1, 0.15) is 11.1 Å². The summed E-state index contributed by atoms with van der Waals surface area (Å²) in [5, 5.41) is 10.1. The molecule has 0 bridgehead atoms. The van der Waals surface area contributed by atoms with E-state index in [-0.39, 0.29) is 18.3 Å². The molecule has 2 heterocycles. The van der Waals surface area contributed by atoms with Crippen LogP contribution in [0.25, 0.3) is 10.9 Å². The van der Waals surface area contributed by atoms with Crippen molar-refractivity contribution < 1.29 is 13.9 Å². The van der Waals surface area contributed by atoms with Gasteiger partial charge in [-0.3, -0.25) is 14.7 Å². The van der Waals surface area contributed by atoms with E-state index in [1.165, 1.54) is 19.2 Å². The van der Waals surface area contributed by atoms with Crippen molar-refractivity contribution in [2.45, 2.75) is 6.92 Å². The van der Waals surface area contributed by atoms with Gasteiger partial charge in [-0.2, -0.15) is 5.26 Å². The van der Waals surface area contributed by atoms with Crippen LogP contribution in [-0.4, -0.2) is 55.7 Å². The number of piperazine rings is 1. The van der Waals surface area contributed by atoms with Crippen LogP contribution < -0.4 is 4.90 Å². The summed E-state index contributed by atoms with van der Waals surface area (Å²) in [4.78, 5) is 19.8. The third-order valence-corrected chi connectivity index (χ3v) is 4.49. The van der Waals surface area contributed by atoms with Gasteiger partial charge in [-0.15, -0.1) is 0 Å². The molecule has 0 atom stereocenters. The highest BCUT2D eigenvalue weighted by Gasteiger charge is 2.23. The summed E-state index contributed by atoms with van der Waals surface area (Å²) in [6.45, 7) is 4.67. The number of fused-ring (bicyclic) bond motifs is 1. The van der Waals surface area contributed by atoms with Crippen LogP contribution in [0, 0.1) is 24.1 Å². The Bertz CT molecular complexity index is 854. The minimum absolute atomic E-state index is 0.250. The number of anilines is 1. The van der Waals surface area contributed by atoms with Crippen LogP contribution in [0.15, 0.2) is 18.3 Å². The maximum absolute atomic E-state index is 13.9. The van der Waals surface area contributed by atoms with Crippen LogP contribution in [-0.2, 0) is 9.53 Å². The van der Waals surface area contributed by atoms with E-state index in [0.717, 1.165) is 5.56 Å². The molecule has 0 amide bonds. The molecule has 7 heteroatoms. The molecule has 1 aliphatic rings. The van der Waals surface area contributed by atoms with Crippen molar-refractivity contribution in [2.24, 2.45) is 0 Å². The number of aromatic nitrogens is 1. The smallest absolute Gasteiger partial charge is 0.319 e. The number of pyridine rings is 1. The largest absolute Gasteiger partial charge is 0.468 e. The molecule has 0 unspecified atom stereocenters. The number of carbonyl (C=O) groups excluding carboxylic acids is 1. The van der Waals surface area contributed by atoms with Gasteiger partial charge in [0.05, 0.1) is 30.4 Å². The Balaban J connectivity index is 1.94. The van der Waals surface area contributed by atoms with Crippen molar-refractivity contribution in [1.29, 1.82) is 5.26 Å². The highest BCUT2D eigenvalue weighted by atomic mass is 19.1. The van der Waals surface area contributed by atoms with E-state index in [1.54, 1.807) is 6.20 Å². The fraction of sp³-hybridized carbons (Fsp3) is 0.389. The average Bonchev–Trinajstić information content (AvgIpc) is 2.61. The fourth-order valence-corrected chi connectivity index (χ4v) is 3.22. The summed E-state index contributed by atoms with van der Waals surface area (Å²) in [5.74, 6) is -0.606. The van der Waals surface area contributed by atoms with Crippen molar-refractivity contribution >= 4 is 22.6 Å². The Morgan fingerprint density at radius 2 is 2.08 bits per heavy atom. The van der Waals surface area contributed by atoms with Gasteiger partial charge in [0.1, 0.15) is 11.9 Å². The zero-order valence-electron chi connectivity index (χ0n) is 14.3. The Kier molecular flexibility index (Phi) is 4.81. The van der Waals surface area contributed by atoms with E-state index in [4.69, 9.17) is 4.74 Å². The van der Waals surface area contributed by atoms with Crippen LogP contribution in [0.2, 0.25) is 0 Å². The van der Waals surface area contributed by atoms with Gasteiger partial charge in [0.25, 0.3) is 0 Å². The van der Waals surface area contributed by atoms with Crippen LogP contribution in [0.3, 0.4) is 0 Å². The quantitative estimate of drug-likeness (QED) is 0.793. The van der Waals surface area contributed by atoms with E-state index in [2.05, 4.69) is 16.0 Å². The van der Waals surface area contributed by atoms with Gasteiger partial charge < -0.3 is 9.64 Å². The molecule has 1 saturated heterocycles. The van der Waals surface area contributed by atoms with Gasteiger partial charge >= 0.3 is 5.97 Å². The summed E-state index contributed by atoms with van der Waals surface area (Å²) in [7, 11) is 1.37. The number of nitriles is 1. The lowest BCUT2D eigenvalue weighted by atomic mass is 10.0. The number of esters is 1. The highest BCUT2D eigenvalue weighted by molar-refractivity contribution is 5.96. The van der Waals surface area contributed by atoms with Gasteiger partial charge in [0.15, 0.2) is 0 Å². The Morgan fingerprint density at radius 3 is 2.72 bits per heavy atom. The van der Waals surface area contributed by atoms with Gasteiger partial charge in [-0.1, -0.05) is 0 Å². The number of ether oxygens (including phenoxy) is 1. The molecule has 0 N–H and O–H groups in total. The zero-order valence-corrected chi connectivity index (χ0v) is 14.3. The summed E-state index contributed by atoms with van der Waals surface area (Å²) < 4.78 is 18.6. The third-order valence-electron chi connectivity index (χ3n) is 4.49. The molecule has 0 saturated carbocycles. The van der Waals surface area contributed by atoms with Crippen molar-refractivity contribution in [3.05, 3.63) is 35.3 Å². The van der Waals surface area contributed by atoms with E-state index >= 15 is 0 Å². The second-order valence-electron chi connectivity index (χ2n) is 6.09. The Hall–Kier alpha value is -2.72. The molecule has 0 radical (unpaired) electrons. The maximum Gasteiger partial charge on any atom is 0.319 e. The zero-order chi connectivity index (χ0) is 18.0. The summed E-state index contributed by atoms with van der Waals surface area (Å²) in [6.07, 6.45) is 1.55. The Morgan fingerprint density at radius 1 is 1.36 bits per heavy atom. The fourth-order valence-electron chi connectivity index (χ4n) is 3.22. The van der Waals surface area contributed by atoms with Gasteiger partial charge in [-0.05, 0) is 24.6 Å². The van der Waals surface area contributed by atoms with Crippen molar-refractivity contribution in [3.63, 3.8) is 0 Å². The van der Waals surface area contributed by atoms with Gasteiger partial charge in [0.2, 0.25) is 0 Å². The third kappa shape index (κ3) is 3.39. The first kappa shape index (κ1) is 17.1. The lowest BCUT2D eigenvalue weighted by Crippen LogP contribution is -2.48. The normalized spacial score (nSPS) is 15.2. The minimum Gasteiger partial charge on any atom is -0.468 e. The van der Waals surface area contributed by atoms with E-state index in [1.807, 2.05) is 11.8 Å². The molecule has 1 fully saturated rings. The van der Waals surface area contributed by atoms with E-state index in [0.29, 0.717) is 48.3 Å². The molecule has 1 aromatic heterocycles. The highest BCUT2D eigenvalue weighted by Crippen LogP contribution is 2.32. The number of carbonyl (C=O) groups is 1. The van der Waals surface area contributed by atoms with E-state index < -0.39 is 0 Å². The van der Waals surface area contributed by atoms with Crippen molar-refractivity contribution in [2.75, 3.05) is 44.7 Å². The van der Waals surface area contributed by atoms with Crippen LogP contribution in [0.5, 0.6) is 0 Å². The minimum atomic E-state index is -0.340. The monoisotopic (exact) mass is 342 g/mol. The Labute approximate surface area is 145 Å². The van der Waals surface area contributed by atoms with Crippen molar-refractivity contribution in [3.8, 4) is 6.07 Å². The average molecular weight is 342 g/mol. The topological polar surface area (TPSA) is 69.5 Å². The molecule has 2 aromatic rings. The molecule has 130 valence electrons. The first-order chi connectivity index (χ1) is 12.0. The van der Waals surface area contributed by atoms with Gasteiger partial charge in [-0.25, -0.2) is 4.39 Å². The molecule has 0 aliphatic carbocycles. The number of halogens is 1. The molecular weight excluding hydrogens is 323 g/mol. The van der Waals surface area contributed by atoms with Gasteiger partial charge in [0, 0.05) is 37.8 Å². The summed E-state index contributed by atoms with van der Waals surface area (Å²) in [6, 6.07) is 5.04. The molecule has 3 rings (SSSR count). The number of rotatable bonds is 3. The SMILES string of the molecule is COC(=O)CN1CCN(c2c(C#N)cnc3c(C)cc(F)cc23)CC1. The number of benzene rings is 1. The van der Waals surface area contributed by atoms with E-state index in [9.17, 15) is 14.4 Å². The number of aryl methyl sites for hydroxylation is 1. The predicted molar refractivity (Wildman–Crippen MR) is 91.8 cm³/mol. The molecular formula is C18H19FN4O2. The standard InChI is InChI=1S/C18H19FN4O2/c1-12-7-14(19)8-15-17(12)21-10-13(9-20)18(15)23-5-3-22(4-6-23)11-16(24)25-2/h7-8,10H,3-6,11H2,1-2H3. The molecule has 1 aromatic carbocycles. The maximum atomic E-state index is 13.9. The first-order valence-corrected chi connectivity index (χ1v) is 8.06. The lowest BCUT2D eigenvalue weighted by Gasteiger charge is -2.36. The molecule has 6 nitrogen and oxygen atoms in total. The number of hydrogen-bond acceptors (Lipinski definition) is 6. The number of nitrogens with zero attached hydrogens (tertiary/aromatic N) is 4. The molecule has 0 spiro atoms. The van der Waals surface area contributed by atoms with Crippen molar-refractivity contribution in [1.82, 2.24) is 9.88 Å². The first-order valence-electron chi connectivity index (χ1n) is 8.06. The number of hydrogen-bond donors (Lipinski definition) is 0. The van der Waals surface area contributed by atoms with Crippen LogP contribution in [0.4, 0.5) is 10.1 Å².